The Labute approximate surface area is 102 Å². The van der Waals surface area contributed by atoms with Gasteiger partial charge in [0.05, 0.1) is 6.61 Å². The molecule has 2 rings (SSSR count). The SMILES string of the molecule is CCOC(=O)CN1CC2(CCCCC2)CC1=O. The Morgan fingerprint density at radius 3 is 2.71 bits per heavy atom. The summed E-state index contributed by atoms with van der Waals surface area (Å²) >= 11 is 0. The first-order valence-corrected chi connectivity index (χ1v) is 6.59. The number of esters is 1. The third kappa shape index (κ3) is 2.79. The highest BCUT2D eigenvalue weighted by Gasteiger charge is 2.43. The molecule has 1 aliphatic carbocycles. The van der Waals surface area contributed by atoms with Crippen LogP contribution in [0.5, 0.6) is 0 Å². The third-order valence-corrected chi connectivity index (χ3v) is 3.94. The Morgan fingerprint density at radius 2 is 2.06 bits per heavy atom. The topological polar surface area (TPSA) is 46.6 Å². The zero-order valence-corrected chi connectivity index (χ0v) is 10.5. The van der Waals surface area contributed by atoms with Gasteiger partial charge in [-0.25, -0.2) is 0 Å². The number of carbonyl (C=O) groups is 2. The van der Waals surface area contributed by atoms with Gasteiger partial charge in [-0.1, -0.05) is 19.3 Å². The molecule has 96 valence electrons. The average molecular weight is 239 g/mol. The van der Waals surface area contributed by atoms with Gasteiger partial charge in [0.2, 0.25) is 5.91 Å². The zero-order chi connectivity index (χ0) is 12.3. The number of ether oxygens (including phenoxy) is 1. The Hall–Kier alpha value is -1.06. The molecule has 17 heavy (non-hydrogen) atoms. The highest BCUT2D eigenvalue weighted by molar-refractivity contribution is 5.84. The number of rotatable bonds is 3. The van der Waals surface area contributed by atoms with Gasteiger partial charge >= 0.3 is 5.97 Å². The molecule has 2 aliphatic rings. The molecule has 4 heteroatoms. The molecule has 1 amide bonds. The van der Waals surface area contributed by atoms with E-state index in [0.717, 1.165) is 19.4 Å². The Kier molecular flexibility index (Phi) is 3.69. The van der Waals surface area contributed by atoms with Crippen LogP contribution in [0.2, 0.25) is 0 Å². The van der Waals surface area contributed by atoms with Gasteiger partial charge in [0.1, 0.15) is 6.54 Å². The highest BCUT2D eigenvalue weighted by atomic mass is 16.5. The Bertz CT molecular complexity index is 308. The highest BCUT2D eigenvalue weighted by Crippen LogP contribution is 2.44. The van der Waals surface area contributed by atoms with Crippen molar-refractivity contribution in [2.75, 3.05) is 19.7 Å². The van der Waals surface area contributed by atoms with E-state index >= 15 is 0 Å². The number of likely N-dealkylation sites (tertiary alicyclic amines) is 1. The predicted molar refractivity (Wildman–Crippen MR) is 63.3 cm³/mol. The molecular formula is C13H21NO3. The minimum atomic E-state index is -0.284. The Morgan fingerprint density at radius 1 is 1.35 bits per heavy atom. The summed E-state index contributed by atoms with van der Waals surface area (Å²) in [6, 6.07) is 0. The molecule has 0 N–H and O–H groups in total. The first-order chi connectivity index (χ1) is 8.15. The van der Waals surface area contributed by atoms with Crippen molar-refractivity contribution in [1.82, 2.24) is 4.90 Å². The van der Waals surface area contributed by atoms with Gasteiger partial charge in [-0.05, 0) is 25.2 Å². The largest absolute Gasteiger partial charge is 0.465 e. The molecule has 0 aromatic carbocycles. The van der Waals surface area contributed by atoms with E-state index < -0.39 is 0 Å². The lowest BCUT2D eigenvalue weighted by molar-refractivity contribution is -0.147. The minimum Gasteiger partial charge on any atom is -0.465 e. The molecule has 0 aromatic rings. The Balaban J connectivity index is 1.92. The van der Waals surface area contributed by atoms with Crippen LogP contribution in [0.1, 0.15) is 45.4 Å². The third-order valence-electron chi connectivity index (χ3n) is 3.94. The summed E-state index contributed by atoms with van der Waals surface area (Å²) in [6.45, 7) is 3.05. The molecule has 1 saturated carbocycles. The summed E-state index contributed by atoms with van der Waals surface area (Å²) in [4.78, 5) is 25.0. The van der Waals surface area contributed by atoms with Crippen molar-refractivity contribution in [1.29, 1.82) is 0 Å². The van der Waals surface area contributed by atoms with Crippen LogP contribution < -0.4 is 0 Å². The second kappa shape index (κ2) is 5.07. The number of nitrogens with zero attached hydrogens (tertiary/aromatic N) is 1. The number of amides is 1. The van der Waals surface area contributed by atoms with Crippen molar-refractivity contribution in [2.45, 2.75) is 45.4 Å². The van der Waals surface area contributed by atoms with E-state index in [2.05, 4.69) is 0 Å². The van der Waals surface area contributed by atoms with Gasteiger partial charge in [-0.15, -0.1) is 0 Å². The first kappa shape index (κ1) is 12.4. The van der Waals surface area contributed by atoms with Crippen LogP contribution in [0.4, 0.5) is 0 Å². The van der Waals surface area contributed by atoms with Gasteiger partial charge in [0.15, 0.2) is 0 Å². The van der Waals surface area contributed by atoms with Crippen molar-refractivity contribution in [3.8, 4) is 0 Å². The monoisotopic (exact) mass is 239 g/mol. The second-order valence-electron chi connectivity index (χ2n) is 5.29. The molecule has 1 saturated heterocycles. The molecular weight excluding hydrogens is 218 g/mol. The maximum Gasteiger partial charge on any atom is 0.325 e. The smallest absolute Gasteiger partial charge is 0.325 e. The van der Waals surface area contributed by atoms with E-state index in [0.29, 0.717) is 13.0 Å². The first-order valence-electron chi connectivity index (χ1n) is 6.59. The lowest BCUT2D eigenvalue weighted by Crippen LogP contribution is -2.34. The summed E-state index contributed by atoms with van der Waals surface area (Å²) in [5, 5.41) is 0. The second-order valence-corrected chi connectivity index (χ2v) is 5.29. The summed E-state index contributed by atoms with van der Waals surface area (Å²) in [6.07, 6.45) is 6.64. The molecule has 2 fully saturated rings. The van der Waals surface area contributed by atoms with E-state index in [1.807, 2.05) is 0 Å². The van der Waals surface area contributed by atoms with Crippen molar-refractivity contribution >= 4 is 11.9 Å². The molecule has 1 aliphatic heterocycles. The molecule has 0 aromatic heterocycles. The van der Waals surface area contributed by atoms with Gasteiger partial charge in [0, 0.05) is 13.0 Å². The van der Waals surface area contributed by atoms with E-state index in [4.69, 9.17) is 4.74 Å². The van der Waals surface area contributed by atoms with Crippen LogP contribution in [-0.2, 0) is 14.3 Å². The molecule has 1 heterocycles. The van der Waals surface area contributed by atoms with Crippen LogP contribution in [0.25, 0.3) is 0 Å². The number of hydrogen-bond acceptors (Lipinski definition) is 3. The van der Waals surface area contributed by atoms with Crippen LogP contribution in [0.15, 0.2) is 0 Å². The van der Waals surface area contributed by atoms with Gasteiger partial charge < -0.3 is 9.64 Å². The lowest BCUT2D eigenvalue weighted by atomic mass is 9.73. The van der Waals surface area contributed by atoms with Crippen molar-refractivity contribution in [2.24, 2.45) is 5.41 Å². The van der Waals surface area contributed by atoms with Crippen molar-refractivity contribution in [3.63, 3.8) is 0 Å². The summed E-state index contributed by atoms with van der Waals surface area (Å²) in [5.41, 5.74) is 0.168. The maximum atomic E-state index is 11.9. The zero-order valence-electron chi connectivity index (χ0n) is 10.5. The molecule has 0 atom stereocenters. The molecule has 0 unspecified atom stereocenters. The fourth-order valence-corrected chi connectivity index (χ4v) is 3.12. The fraction of sp³-hybridized carbons (Fsp3) is 0.846. The molecule has 1 spiro atoms. The maximum absolute atomic E-state index is 11.9. The van der Waals surface area contributed by atoms with Gasteiger partial charge in [-0.2, -0.15) is 0 Å². The van der Waals surface area contributed by atoms with E-state index in [-0.39, 0.29) is 23.8 Å². The predicted octanol–water partition coefficient (Wildman–Crippen LogP) is 1.73. The van der Waals surface area contributed by atoms with Crippen LogP contribution in [0, 0.1) is 5.41 Å². The van der Waals surface area contributed by atoms with E-state index in [9.17, 15) is 9.59 Å². The molecule has 4 nitrogen and oxygen atoms in total. The summed E-state index contributed by atoms with van der Waals surface area (Å²) in [5.74, 6) is -0.159. The molecule has 0 bridgehead atoms. The van der Waals surface area contributed by atoms with Gasteiger partial charge in [0.25, 0.3) is 0 Å². The number of carbonyl (C=O) groups excluding carboxylic acids is 2. The average Bonchev–Trinajstić information content (AvgIpc) is 2.56. The fourth-order valence-electron chi connectivity index (χ4n) is 3.12. The minimum absolute atomic E-state index is 0.125. The van der Waals surface area contributed by atoms with Crippen LogP contribution in [-0.4, -0.2) is 36.5 Å². The van der Waals surface area contributed by atoms with E-state index in [1.165, 1.54) is 19.3 Å². The van der Waals surface area contributed by atoms with Gasteiger partial charge in [-0.3, -0.25) is 9.59 Å². The van der Waals surface area contributed by atoms with Crippen molar-refractivity contribution < 1.29 is 14.3 Å². The lowest BCUT2D eigenvalue weighted by Gasteiger charge is -2.32. The standard InChI is InChI=1S/C13H21NO3/c1-2-17-12(16)9-14-10-13(8-11(14)15)6-4-3-5-7-13/h2-10H2,1H3. The summed E-state index contributed by atoms with van der Waals surface area (Å²) < 4.78 is 4.90. The quantitative estimate of drug-likeness (QED) is 0.705. The number of hydrogen-bond donors (Lipinski definition) is 0. The van der Waals surface area contributed by atoms with Crippen LogP contribution in [0.3, 0.4) is 0 Å². The van der Waals surface area contributed by atoms with Crippen LogP contribution >= 0.6 is 0 Å². The molecule has 0 radical (unpaired) electrons. The normalized spacial score (nSPS) is 23.1. The van der Waals surface area contributed by atoms with E-state index in [1.54, 1.807) is 11.8 Å². The summed E-state index contributed by atoms with van der Waals surface area (Å²) in [7, 11) is 0. The van der Waals surface area contributed by atoms with Crippen molar-refractivity contribution in [3.05, 3.63) is 0 Å².